The van der Waals surface area contributed by atoms with E-state index in [0.29, 0.717) is 5.82 Å². The van der Waals surface area contributed by atoms with E-state index in [0.717, 1.165) is 16.9 Å². The molecule has 0 fully saturated rings. The van der Waals surface area contributed by atoms with Crippen LogP contribution >= 0.6 is 0 Å². The molecular formula is C11H13N3O. The number of nitrogens with zero attached hydrogens (tertiary/aromatic N) is 2. The minimum Gasteiger partial charge on any atom is -0.496 e. The molecule has 15 heavy (non-hydrogen) atoms. The molecule has 0 amide bonds. The summed E-state index contributed by atoms with van der Waals surface area (Å²) in [6.45, 7) is 0. The van der Waals surface area contributed by atoms with Crippen molar-refractivity contribution in [3.63, 3.8) is 0 Å². The standard InChI is InChI=1S/C11H13N3O/c1-14-11(12)9(7-13-14)8-5-3-4-6-10(8)15-2/h3-7H,12H2,1-2H3. The fourth-order valence-corrected chi connectivity index (χ4v) is 1.52. The maximum absolute atomic E-state index is 5.90. The van der Waals surface area contributed by atoms with Gasteiger partial charge in [-0.05, 0) is 6.07 Å². The SMILES string of the molecule is COc1ccccc1-c1cnn(C)c1N. The molecule has 0 atom stereocenters. The average Bonchev–Trinajstić information content (AvgIpc) is 2.60. The zero-order valence-corrected chi connectivity index (χ0v) is 8.77. The van der Waals surface area contributed by atoms with Gasteiger partial charge < -0.3 is 10.5 Å². The molecule has 4 nitrogen and oxygen atoms in total. The number of benzene rings is 1. The molecule has 2 aromatic rings. The number of anilines is 1. The highest BCUT2D eigenvalue weighted by molar-refractivity contribution is 5.78. The lowest BCUT2D eigenvalue weighted by Crippen LogP contribution is -1.98. The lowest BCUT2D eigenvalue weighted by molar-refractivity contribution is 0.416. The highest BCUT2D eigenvalue weighted by atomic mass is 16.5. The van der Waals surface area contributed by atoms with Crippen LogP contribution in [0.5, 0.6) is 5.75 Å². The number of aromatic nitrogens is 2. The van der Waals surface area contributed by atoms with Gasteiger partial charge >= 0.3 is 0 Å². The summed E-state index contributed by atoms with van der Waals surface area (Å²) in [6, 6.07) is 7.74. The van der Waals surface area contributed by atoms with E-state index in [2.05, 4.69) is 5.10 Å². The molecule has 78 valence electrons. The van der Waals surface area contributed by atoms with Crippen molar-refractivity contribution < 1.29 is 4.74 Å². The van der Waals surface area contributed by atoms with Gasteiger partial charge in [-0.2, -0.15) is 5.10 Å². The van der Waals surface area contributed by atoms with Crippen molar-refractivity contribution in [3.8, 4) is 16.9 Å². The van der Waals surface area contributed by atoms with Crippen molar-refractivity contribution >= 4 is 5.82 Å². The first-order valence-electron chi connectivity index (χ1n) is 4.65. The molecule has 0 saturated carbocycles. The van der Waals surface area contributed by atoms with Gasteiger partial charge in [-0.3, -0.25) is 4.68 Å². The Hall–Kier alpha value is -1.97. The molecule has 1 aromatic heterocycles. The second kappa shape index (κ2) is 3.65. The minimum absolute atomic E-state index is 0.638. The number of aryl methyl sites for hydroxylation is 1. The van der Waals surface area contributed by atoms with Crippen LogP contribution in [0.15, 0.2) is 30.5 Å². The minimum atomic E-state index is 0.638. The molecular weight excluding hydrogens is 190 g/mol. The smallest absolute Gasteiger partial charge is 0.129 e. The fourth-order valence-electron chi connectivity index (χ4n) is 1.52. The number of nitrogens with two attached hydrogens (primary N) is 1. The molecule has 2 rings (SSSR count). The Morgan fingerprint density at radius 2 is 2.00 bits per heavy atom. The van der Waals surface area contributed by atoms with Gasteiger partial charge in [0.05, 0.1) is 13.3 Å². The number of hydrogen-bond acceptors (Lipinski definition) is 3. The molecule has 0 bridgehead atoms. The van der Waals surface area contributed by atoms with Gasteiger partial charge in [-0.1, -0.05) is 18.2 Å². The van der Waals surface area contributed by atoms with Gasteiger partial charge in [-0.15, -0.1) is 0 Å². The molecule has 1 heterocycles. The lowest BCUT2D eigenvalue weighted by Gasteiger charge is -2.06. The Bertz CT molecular complexity index is 476. The van der Waals surface area contributed by atoms with Crippen LogP contribution in [0.4, 0.5) is 5.82 Å². The molecule has 4 heteroatoms. The number of ether oxygens (including phenoxy) is 1. The van der Waals surface area contributed by atoms with Crippen molar-refractivity contribution in [1.29, 1.82) is 0 Å². The highest BCUT2D eigenvalue weighted by Crippen LogP contribution is 2.32. The largest absolute Gasteiger partial charge is 0.496 e. The second-order valence-electron chi connectivity index (χ2n) is 3.27. The molecule has 0 spiro atoms. The van der Waals surface area contributed by atoms with E-state index in [-0.39, 0.29) is 0 Å². The molecule has 0 aliphatic carbocycles. The number of rotatable bonds is 2. The quantitative estimate of drug-likeness (QED) is 0.807. The molecule has 0 unspecified atom stereocenters. The Balaban J connectivity index is 2.58. The fraction of sp³-hybridized carbons (Fsp3) is 0.182. The van der Waals surface area contributed by atoms with Crippen molar-refractivity contribution in [2.75, 3.05) is 12.8 Å². The monoisotopic (exact) mass is 203 g/mol. The van der Waals surface area contributed by atoms with Crippen LogP contribution in [0.1, 0.15) is 0 Å². The van der Waals surface area contributed by atoms with Crippen molar-refractivity contribution in [1.82, 2.24) is 9.78 Å². The third kappa shape index (κ3) is 1.54. The maximum Gasteiger partial charge on any atom is 0.129 e. The summed E-state index contributed by atoms with van der Waals surface area (Å²) in [6.07, 6.45) is 1.74. The lowest BCUT2D eigenvalue weighted by atomic mass is 10.1. The van der Waals surface area contributed by atoms with Gasteiger partial charge in [0.1, 0.15) is 11.6 Å². The van der Waals surface area contributed by atoms with E-state index >= 15 is 0 Å². The van der Waals surface area contributed by atoms with Crippen LogP contribution < -0.4 is 10.5 Å². The van der Waals surface area contributed by atoms with Crippen molar-refractivity contribution in [2.24, 2.45) is 7.05 Å². The van der Waals surface area contributed by atoms with E-state index in [9.17, 15) is 0 Å². The van der Waals surface area contributed by atoms with Crippen LogP contribution in [0.2, 0.25) is 0 Å². The van der Waals surface area contributed by atoms with Gasteiger partial charge in [0, 0.05) is 18.2 Å². The van der Waals surface area contributed by atoms with E-state index in [1.165, 1.54) is 0 Å². The first kappa shape index (κ1) is 9.58. The van der Waals surface area contributed by atoms with Crippen molar-refractivity contribution in [3.05, 3.63) is 30.5 Å². The van der Waals surface area contributed by atoms with Gasteiger partial charge in [0.2, 0.25) is 0 Å². The summed E-state index contributed by atoms with van der Waals surface area (Å²) in [7, 11) is 3.46. The molecule has 1 aromatic carbocycles. The predicted octanol–water partition coefficient (Wildman–Crippen LogP) is 1.68. The molecule has 2 N–H and O–H groups in total. The number of methoxy groups -OCH3 is 1. The Morgan fingerprint density at radius 1 is 1.27 bits per heavy atom. The van der Waals surface area contributed by atoms with E-state index in [4.69, 9.17) is 10.5 Å². The van der Waals surface area contributed by atoms with Crippen LogP contribution in [0.3, 0.4) is 0 Å². The first-order chi connectivity index (χ1) is 7.24. The van der Waals surface area contributed by atoms with Crippen LogP contribution in [-0.2, 0) is 7.05 Å². The third-order valence-corrected chi connectivity index (χ3v) is 2.38. The summed E-state index contributed by atoms with van der Waals surface area (Å²) in [5.41, 5.74) is 7.76. The summed E-state index contributed by atoms with van der Waals surface area (Å²) in [4.78, 5) is 0. The van der Waals surface area contributed by atoms with E-state index < -0.39 is 0 Å². The van der Waals surface area contributed by atoms with E-state index in [1.807, 2.05) is 31.3 Å². The van der Waals surface area contributed by atoms with Gasteiger partial charge in [0.25, 0.3) is 0 Å². The second-order valence-corrected chi connectivity index (χ2v) is 3.27. The Kier molecular flexibility index (Phi) is 2.33. The highest BCUT2D eigenvalue weighted by Gasteiger charge is 2.11. The molecule has 0 saturated heterocycles. The van der Waals surface area contributed by atoms with Crippen LogP contribution in [0, 0.1) is 0 Å². The molecule has 0 aliphatic heterocycles. The number of para-hydroxylation sites is 1. The average molecular weight is 203 g/mol. The topological polar surface area (TPSA) is 53.1 Å². The van der Waals surface area contributed by atoms with Crippen molar-refractivity contribution in [2.45, 2.75) is 0 Å². The van der Waals surface area contributed by atoms with Gasteiger partial charge in [-0.25, -0.2) is 0 Å². The Labute approximate surface area is 88.3 Å². The predicted molar refractivity (Wildman–Crippen MR) is 59.6 cm³/mol. The first-order valence-corrected chi connectivity index (χ1v) is 4.65. The van der Waals surface area contributed by atoms with Gasteiger partial charge in [0.15, 0.2) is 0 Å². The van der Waals surface area contributed by atoms with E-state index in [1.54, 1.807) is 18.0 Å². The summed E-state index contributed by atoms with van der Waals surface area (Å²) < 4.78 is 6.91. The Morgan fingerprint density at radius 3 is 2.60 bits per heavy atom. The van der Waals surface area contributed by atoms with Crippen LogP contribution in [-0.4, -0.2) is 16.9 Å². The number of nitrogen functional groups attached to an aromatic ring is 1. The normalized spacial score (nSPS) is 10.3. The summed E-state index contributed by atoms with van der Waals surface area (Å²) >= 11 is 0. The zero-order chi connectivity index (χ0) is 10.8. The summed E-state index contributed by atoms with van der Waals surface area (Å²) in [5, 5.41) is 4.10. The summed E-state index contributed by atoms with van der Waals surface area (Å²) in [5.74, 6) is 1.44. The van der Waals surface area contributed by atoms with Crippen LogP contribution in [0.25, 0.3) is 11.1 Å². The molecule has 0 radical (unpaired) electrons. The number of hydrogen-bond donors (Lipinski definition) is 1. The zero-order valence-electron chi connectivity index (χ0n) is 8.77. The maximum atomic E-state index is 5.90. The molecule has 0 aliphatic rings. The third-order valence-electron chi connectivity index (χ3n) is 2.38.